The molecule has 2 aromatic carbocycles. The third kappa shape index (κ3) is 3.76. The fraction of sp³-hybridized carbons (Fsp3) is 0.182. The molecule has 0 radical (unpaired) electrons. The van der Waals surface area contributed by atoms with Crippen LogP contribution in [0.5, 0.6) is 5.75 Å². The number of amides is 2. The van der Waals surface area contributed by atoms with Crippen molar-refractivity contribution in [3.8, 4) is 16.2 Å². The summed E-state index contributed by atoms with van der Waals surface area (Å²) in [7, 11) is 1.81. The molecule has 2 N–H and O–H groups in total. The molecule has 2 heterocycles. The number of alkyl halides is 1. The molecule has 0 atom stereocenters. The summed E-state index contributed by atoms with van der Waals surface area (Å²) < 4.78 is 6.66. The van der Waals surface area contributed by atoms with Crippen molar-refractivity contribution in [3.63, 3.8) is 0 Å². The summed E-state index contributed by atoms with van der Waals surface area (Å²) in [5, 5.41) is 0. The van der Waals surface area contributed by atoms with Gasteiger partial charge in [-0.1, -0.05) is 40.8 Å². The van der Waals surface area contributed by atoms with E-state index in [0.717, 1.165) is 31.7 Å². The van der Waals surface area contributed by atoms with Gasteiger partial charge in [0.05, 0.1) is 11.5 Å². The minimum Gasteiger partial charge on any atom is -0.493 e. The van der Waals surface area contributed by atoms with Gasteiger partial charge in [0.25, 0.3) is 5.91 Å². The molecule has 0 unspecified atom stereocenters. The fourth-order valence-electron chi connectivity index (χ4n) is 3.43. The second-order valence-corrected chi connectivity index (χ2v) is 8.58. The number of nitrogens with two attached hydrogens (primary N) is 1. The summed E-state index contributed by atoms with van der Waals surface area (Å²) >= 11 is 3.77. The molecule has 2 amide bonds. The van der Waals surface area contributed by atoms with Gasteiger partial charge in [0, 0.05) is 39.6 Å². The molecular formula is C22H19IN2O3S. The lowest BCUT2D eigenvalue weighted by atomic mass is 10.1. The van der Waals surface area contributed by atoms with E-state index in [1.165, 1.54) is 11.3 Å². The SMILES string of the molecule is CN(C(=O)c1cc2c(s1)-c1ccc(C(N)=O)cc1OCC2)c1ccccc1CI. The summed E-state index contributed by atoms with van der Waals surface area (Å²) in [5.74, 6) is 0.111. The highest BCUT2D eigenvalue weighted by molar-refractivity contribution is 14.1. The van der Waals surface area contributed by atoms with Crippen molar-refractivity contribution in [2.45, 2.75) is 10.8 Å². The van der Waals surface area contributed by atoms with Crippen molar-refractivity contribution in [1.82, 2.24) is 0 Å². The number of hydrogen-bond acceptors (Lipinski definition) is 4. The molecule has 148 valence electrons. The minimum atomic E-state index is -0.488. The number of nitrogens with zero attached hydrogens (tertiary/aromatic N) is 1. The number of primary amides is 1. The molecule has 7 heteroatoms. The second kappa shape index (κ2) is 8.16. The molecule has 1 aliphatic heterocycles. The van der Waals surface area contributed by atoms with Gasteiger partial charge >= 0.3 is 0 Å². The lowest BCUT2D eigenvalue weighted by Crippen LogP contribution is -2.26. The molecule has 0 fully saturated rings. The first-order valence-corrected chi connectivity index (χ1v) is 11.5. The van der Waals surface area contributed by atoms with Gasteiger partial charge in [-0.3, -0.25) is 9.59 Å². The summed E-state index contributed by atoms with van der Waals surface area (Å²) in [5.41, 5.74) is 9.83. The Morgan fingerprint density at radius 3 is 2.76 bits per heavy atom. The number of halogens is 1. The third-order valence-electron chi connectivity index (χ3n) is 4.96. The zero-order valence-corrected chi connectivity index (χ0v) is 18.7. The van der Waals surface area contributed by atoms with Crippen LogP contribution in [-0.4, -0.2) is 25.5 Å². The highest BCUT2D eigenvalue weighted by Crippen LogP contribution is 2.41. The zero-order chi connectivity index (χ0) is 20.5. The lowest BCUT2D eigenvalue weighted by molar-refractivity contribution is 0.0990. The predicted octanol–water partition coefficient (Wildman–Crippen LogP) is 4.66. The maximum atomic E-state index is 13.2. The highest BCUT2D eigenvalue weighted by Gasteiger charge is 2.24. The topological polar surface area (TPSA) is 72.6 Å². The number of ether oxygens (including phenoxy) is 1. The number of carbonyl (C=O) groups is 2. The predicted molar refractivity (Wildman–Crippen MR) is 124 cm³/mol. The fourth-order valence-corrected chi connectivity index (χ4v) is 5.29. The number of thiophene rings is 1. The second-order valence-electron chi connectivity index (χ2n) is 6.77. The van der Waals surface area contributed by atoms with Crippen LogP contribution in [0, 0.1) is 0 Å². The molecule has 0 saturated heterocycles. The smallest absolute Gasteiger partial charge is 0.268 e. The van der Waals surface area contributed by atoms with Crippen molar-refractivity contribution < 1.29 is 14.3 Å². The van der Waals surface area contributed by atoms with Crippen LogP contribution in [0.4, 0.5) is 5.69 Å². The molecular weight excluding hydrogens is 499 g/mol. The van der Waals surface area contributed by atoms with E-state index < -0.39 is 5.91 Å². The molecule has 0 aliphatic carbocycles. The first kappa shape index (κ1) is 19.9. The summed E-state index contributed by atoms with van der Waals surface area (Å²) in [6, 6.07) is 15.1. The maximum Gasteiger partial charge on any atom is 0.268 e. The van der Waals surface area contributed by atoms with E-state index in [1.54, 1.807) is 17.0 Å². The van der Waals surface area contributed by atoms with Crippen LogP contribution in [0.3, 0.4) is 0 Å². The molecule has 0 bridgehead atoms. The van der Waals surface area contributed by atoms with E-state index >= 15 is 0 Å². The van der Waals surface area contributed by atoms with Crippen molar-refractivity contribution >= 4 is 51.4 Å². The van der Waals surface area contributed by atoms with Gasteiger partial charge in [-0.2, -0.15) is 0 Å². The minimum absolute atomic E-state index is 0.0309. The molecule has 29 heavy (non-hydrogen) atoms. The quantitative estimate of drug-likeness (QED) is 0.404. The first-order valence-electron chi connectivity index (χ1n) is 9.11. The zero-order valence-electron chi connectivity index (χ0n) is 15.8. The van der Waals surface area contributed by atoms with Crippen LogP contribution in [0.2, 0.25) is 0 Å². The molecule has 1 aromatic heterocycles. The van der Waals surface area contributed by atoms with Crippen LogP contribution >= 0.6 is 33.9 Å². The van der Waals surface area contributed by atoms with Crippen molar-refractivity contribution in [1.29, 1.82) is 0 Å². The average molecular weight is 518 g/mol. The Labute approximate surface area is 186 Å². The Hall–Kier alpha value is -2.39. The van der Waals surface area contributed by atoms with E-state index in [1.807, 2.05) is 43.4 Å². The van der Waals surface area contributed by atoms with E-state index in [2.05, 4.69) is 22.6 Å². The average Bonchev–Trinajstić information content (AvgIpc) is 3.08. The number of benzene rings is 2. The summed E-state index contributed by atoms with van der Waals surface area (Å²) in [4.78, 5) is 28.1. The largest absolute Gasteiger partial charge is 0.493 e. The van der Waals surface area contributed by atoms with Gasteiger partial charge in [0.1, 0.15) is 5.75 Å². The van der Waals surface area contributed by atoms with Crippen molar-refractivity contribution in [2.24, 2.45) is 5.73 Å². The van der Waals surface area contributed by atoms with Crippen LogP contribution < -0.4 is 15.4 Å². The Morgan fingerprint density at radius 1 is 1.21 bits per heavy atom. The van der Waals surface area contributed by atoms with Gasteiger partial charge in [0.2, 0.25) is 5.91 Å². The van der Waals surface area contributed by atoms with E-state index in [0.29, 0.717) is 29.2 Å². The number of anilines is 1. The number of carbonyl (C=O) groups excluding carboxylic acids is 2. The van der Waals surface area contributed by atoms with E-state index in [4.69, 9.17) is 10.5 Å². The van der Waals surface area contributed by atoms with E-state index in [-0.39, 0.29) is 5.91 Å². The molecule has 5 nitrogen and oxygen atoms in total. The molecule has 0 saturated carbocycles. The Morgan fingerprint density at radius 2 is 2.00 bits per heavy atom. The third-order valence-corrected chi connectivity index (χ3v) is 6.98. The number of fused-ring (bicyclic) bond motifs is 3. The Bertz CT molecular complexity index is 1110. The number of para-hydroxylation sites is 1. The first-order chi connectivity index (χ1) is 14.0. The summed E-state index contributed by atoms with van der Waals surface area (Å²) in [6.07, 6.45) is 0.702. The van der Waals surface area contributed by atoms with Crippen molar-refractivity contribution in [2.75, 3.05) is 18.6 Å². The van der Waals surface area contributed by atoms with Gasteiger partial charge in [-0.15, -0.1) is 11.3 Å². The lowest BCUT2D eigenvalue weighted by Gasteiger charge is -2.19. The number of rotatable bonds is 4. The number of hydrogen-bond donors (Lipinski definition) is 1. The monoisotopic (exact) mass is 518 g/mol. The molecule has 4 rings (SSSR count). The van der Waals surface area contributed by atoms with Crippen LogP contribution in [0.15, 0.2) is 48.5 Å². The molecule has 3 aromatic rings. The summed E-state index contributed by atoms with van der Waals surface area (Å²) in [6.45, 7) is 0.486. The van der Waals surface area contributed by atoms with Crippen LogP contribution in [0.1, 0.15) is 31.2 Å². The Kier molecular flexibility index (Phi) is 5.60. The van der Waals surface area contributed by atoms with Gasteiger partial charge in [-0.05, 0) is 41.5 Å². The Balaban J connectivity index is 1.71. The maximum absolute atomic E-state index is 13.2. The van der Waals surface area contributed by atoms with Gasteiger partial charge in [0.15, 0.2) is 0 Å². The normalized spacial score (nSPS) is 12.3. The van der Waals surface area contributed by atoms with Crippen molar-refractivity contribution in [3.05, 3.63) is 70.1 Å². The van der Waals surface area contributed by atoms with E-state index in [9.17, 15) is 9.59 Å². The molecule has 0 spiro atoms. The molecule has 1 aliphatic rings. The van der Waals surface area contributed by atoms with Gasteiger partial charge < -0.3 is 15.4 Å². The van der Waals surface area contributed by atoms with Crippen LogP contribution in [-0.2, 0) is 10.8 Å². The van der Waals surface area contributed by atoms with Gasteiger partial charge in [-0.25, -0.2) is 0 Å². The highest BCUT2D eigenvalue weighted by atomic mass is 127. The van der Waals surface area contributed by atoms with Crippen LogP contribution in [0.25, 0.3) is 10.4 Å². The standard InChI is InChI=1S/C22H19IN2O3S/c1-25(17-5-3-2-4-15(17)12-23)22(27)19-11-13-8-9-28-18-10-14(21(24)26)6-7-16(18)20(13)29-19/h2-7,10-11H,8-9,12H2,1H3,(H2,24,26).